The van der Waals surface area contributed by atoms with Crippen molar-refractivity contribution in [2.24, 2.45) is 0 Å². The van der Waals surface area contributed by atoms with Gasteiger partial charge in [0.15, 0.2) is 0 Å². The van der Waals surface area contributed by atoms with E-state index in [9.17, 15) is 44.3 Å². The lowest BCUT2D eigenvalue weighted by Gasteiger charge is -2.39. The average molecular weight is 617 g/mol. The molecule has 4 aromatic rings. The number of sulfonamides is 1. The third kappa shape index (κ3) is 5.08. The van der Waals surface area contributed by atoms with Crippen molar-refractivity contribution < 1.29 is 48.7 Å². The number of pyridine rings is 1. The number of aliphatic hydroxyl groups is 1. The van der Waals surface area contributed by atoms with Crippen molar-refractivity contribution in [1.29, 1.82) is 0 Å². The zero-order valence-electron chi connectivity index (χ0n) is 21.1. The molecule has 16 heteroatoms. The van der Waals surface area contributed by atoms with Crippen LogP contribution in [-0.4, -0.2) is 47.1 Å². The molecule has 1 aliphatic heterocycles. The summed E-state index contributed by atoms with van der Waals surface area (Å²) in [7, 11) is -4.55. The van der Waals surface area contributed by atoms with E-state index in [-0.39, 0.29) is 47.2 Å². The van der Waals surface area contributed by atoms with E-state index in [1.165, 1.54) is 12.4 Å². The molecule has 0 spiro atoms. The SMILES string of the molecule is O=S(=O)(c1ccc(F)cc1)N1c2ccc(C(O)(C(F)(F)F)C(F)(F)F)cc2CC[C@H]1Cc1nnc(-c2ccncc2)o1. The molecule has 1 aliphatic rings. The summed E-state index contributed by atoms with van der Waals surface area (Å²) in [4.78, 5) is 3.51. The molecular weight excluding hydrogens is 597 g/mol. The van der Waals surface area contributed by atoms with E-state index in [4.69, 9.17) is 4.42 Å². The smallest absolute Gasteiger partial charge is 0.421 e. The molecule has 0 radical (unpaired) electrons. The minimum absolute atomic E-state index is 0.00899. The molecule has 5 rings (SSSR count). The fraction of sp³-hybridized carbons (Fsp3) is 0.269. The van der Waals surface area contributed by atoms with Gasteiger partial charge in [0.2, 0.25) is 11.8 Å². The fourth-order valence-electron chi connectivity index (χ4n) is 4.73. The van der Waals surface area contributed by atoms with Crippen LogP contribution in [0.25, 0.3) is 11.5 Å². The first-order valence-electron chi connectivity index (χ1n) is 12.1. The number of aryl methyl sites for hydroxylation is 1. The van der Waals surface area contributed by atoms with Crippen molar-refractivity contribution in [2.45, 2.75) is 48.2 Å². The molecule has 222 valence electrons. The maximum Gasteiger partial charge on any atom is 0.430 e. The molecule has 0 unspecified atom stereocenters. The van der Waals surface area contributed by atoms with Gasteiger partial charge in [0.05, 0.1) is 16.6 Å². The van der Waals surface area contributed by atoms with Crippen LogP contribution in [0.5, 0.6) is 0 Å². The molecule has 0 bridgehead atoms. The number of nitrogens with zero attached hydrogens (tertiary/aromatic N) is 4. The summed E-state index contributed by atoms with van der Waals surface area (Å²) in [6, 6.07) is 7.60. The lowest BCUT2D eigenvalue weighted by atomic mass is 9.87. The zero-order valence-corrected chi connectivity index (χ0v) is 21.9. The van der Waals surface area contributed by atoms with E-state index >= 15 is 0 Å². The van der Waals surface area contributed by atoms with Gasteiger partial charge in [-0.1, -0.05) is 12.1 Å². The van der Waals surface area contributed by atoms with E-state index in [2.05, 4.69) is 15.2 Å². The number of fused-ring (bicyclic) bond motifs is 1. The number of halogens is 7. The van der Waals surface area contributed by atoms with Crippen LogP contribution < -0.4 is 4.31 Å². The predicted molar refractivity (Wildman–Crippen MR) is 132 cm³/mol. The summed E-state index contributed by atoms with van der Waals surface area (Å²) in [6.45, 7) is 0. The van der Waals surface area contributed by atoms with Gasteiger partial charge in [0.25, 0.3) is 15.6 Å². The second-order valence-electron chi connectivity index (χ2n) is 9.44. The Morgan fingerprint density at radius 1 is 0.929 bits per heavy atom. The van der Waals surface area contributed by atoms with E-state index < -0.39 is 45.4 Å². The Kier molecular flexibility index (Phi) is 7.25. The van der Waals surface area contributed by atoms with E-state index in [0.29, 0.717) is 17.7 Å². The van der Waals surface area contributed by atoms with Gasteiger partial charge in [0.1, 0.15) is 5.82 Å². The molecule has 2 aromatic heterocycles. The summed E-state index contributed by atoms with van der Waals surface area (Å²) in [5.41, 5.74) is -6.59. The van der Waals surface area contributed by atoms with Gasteiger partial charge in [-0.3, -0.25) is 9.29 Å². The second-order valence-corrected chi connectivity index (χ2v) is 11.3. The van der Waals surface area contributed by atoms with Crippen molar-refractivity contribution in [1.82, 2.24) is 15.2 Å². The van der Waals surface area contributed by atoms with Gasteiger partial charge in [-0.05, 0) is 60.9 Å². The van der Waals surface area contributed by atoms with Crippen molar-refractivity contribution in [2.75, 3.05) is 4.31 Å². The quantitative estimate of drug-likeness (QED) is 0.292. The predicted octanol–water partition coefficient (Wildman–Crippen LogP) is 5.34. The molecule has 0 saturated heterocycles. The Morgan fingerprint density at radius 2 is 1.57 bits per heavy atom. The van der Waals surface area contributed by atoms with Crippen LogP contribution in [0, 0.1) is 5.82 Å². The molecule has 0 aliphatic carbocycles. The Bertz CT molecular complexity index is 1680. The van der Waals surface area contributed by atoms with Crippen LogP contribution in [-0.2, 0) is 28.5 Å². The van der Waals surface area contributed by atoms with E-state index in [1.54, 1.807) is 12.1 Å². The van der Waals surface area contributed by atoms with E-state index in [0.717, 1.165) is 34.6 Å². The first kappa shape index (κ1) is 29.4. The van der Waals surface area contributed by atoms with Gasteiger partial charge in [0, 0.05) is 29.9 Å². The summed E-state index contributed by atoms with van der Waals surface area (Å²) < 4.78 is 129. The third-order valence-corrected chi connectivity index (χ3v) is 8.69. The first-order valence-corrected chi connectivity index (χ1v) is 13.6. The van der Waals surface area contributed by atoms with Crippen LogP contribution in [0.1, 0.15) is 23.4 Å². The molecular formula is C26H19F7N4O4S. The largest absolute Gasteiger partial charge is 0.430 e. The fourth-order valence-corrected chi connectivity index (χ4v) is 6.45. The van der Waals surface area contributed by atoms with Crippen LogP contribution in [0.4, 0.5) is 36.4 Å². The summed E-state index contributed by atoms with van der Waals surface area (Å²) in [6.07, 6.45) is -9.68. The minimum Gasteiger partial charge on any atom is -0.421 e. The van der Waals surface area contributed by atoms with Gasteiger partial charge in [-0.15, -0.1) is 10.2 Å². The topological polar surface area (TPSA) is 109 Å². The number of hydrogen-bond acceptors (Lipinski definition) is 7. The average Bonchev–Trinajstić information content (AvgIpc) is 3.40. The minimum atomic E-state index is -6.12. The number of aromatic nitrogens is 3. The Labute approximate surface area is 233 Å². The molecule has 3 heterocycles. The van der Waals surface area contributed by atoms with Crippen LogP contribution in [0.3, 0.4) is 0 Å². The highest BCUT2D eigenvalue weighted by atomic mass is 32.2. The molecule has 1 atom stereocenters. The summed E-state index contributed by atoms with van der Waals surface area (Å²) in [5.74, 6) is -0.614. The summed E-state index contributed by atoms with van der Waals surface area (Å²) >= 11 is 0. The van der Waals surface area contributed by atoms with Gasteiger partial charge >= 0.3 is 12.4 Å². The molecule has 0 amide bonds. The van der Waals surface area contributed by atoms with Crippen molar-refractivity contribution in [3.05, 3.63) is 89.8 Å². The normalized spacial score (nSPS) is 16.4. The monoisotopic (exact) mass is 616 g/mol. The van der Waals surface area contributed by atoms with Crippen LogP contribution in [0.15, 0.2) is 76.3 Å². The molecule has 0 saturated carbocycles. The standard InChI is InChI=1S/C26H19F7N4O4S/c27-18-3-6-20(7-4-18)42(39,40)37-19(14-22-35-36-23(41-22)15-9-11-34-12-10-15)5-1-16-13-17(2-8-21(16)37)24(38,25(28,29)30)26(31,32)33/h2-4,6-13,19,38H,1,5,14H2/t19-/m0/s1. The highest BCUT2D eigenvalue weighted by Gasteiger charge is 2.71. The first-order chi connectivity index (χ1) is 19.6. The maximum atomic E-state index is 13.8. The Hall–Kier alpha value is -4.05. The Balaban J connectivity index is 1.59. The second kappa shape index (κ2) is 10.3. The lowest BCUT2D eigenvalue weighted by Crippen LogP contribution is -2.54. The summed E-state index contributed by atoms with van der Waals surface area (Å²) in [5, 5.41) is 17.8. The van der Waals surface area contributed by atoms with Crippen LogP contribution >= 0.6 is 0 Å². The van der Waals surface area contributed by atoms with Crippen molar-refractivity contribution in [3.63, 3.8) is 0 Å². The number of hydrogen-bond donors (Lipinski definition) is 1. The molecule has 42 heavy (non-hydrogen) atoms. The van der Waals surface area contributed by atoms with E-state index in [1.807, 2.05) is 0 Å². The lowest BCUT2D eigenvalue weighted by molar-refractivity contribution is -0.376. The van der Waals surface area contributed by atoms with Gasteiger partial charge in [-0.2, -0.15) is 26.3 Å². The van der Waals surface area contributed by atoms with Crippen LogP contribution in [0.2, 0.25) is 0 Å². The highest BCUT2D eigenvalue weighted by Crippen LogP contribution is 2.51. The number of benzene rings is 2. The molecule has 1 N–H and O–H groups in total. The van der Waals surface area contributed by atoms with Crippen molar-refractivity contribution in [3.8, 4) is 11.5 Å². The zero-order chi connectivity index (χ0) is 30.5. The number of rotatable bonds is 6. The molecule has 2 aromatic carbocycles. The number of anilines is 1. The van der Waals surface area contributed by atoms with Gasteiger partial charge in [-0.25, -0.2) is 12.8 Å². The maximum absolute atomic E-state index is 13.8. The molecule has 0 fully saturated rings. The number of alkyl halides is 6. The molecule has 8 nitrogen and oxygen atoms in total. The third-order valence-electron chi connectivity index (χ3n) is 6.81. The van der Waals surface area contributed by atoms with Crippen molar-refractivity contribution >= 4 is 15.7 Å². The highest BCUT2D eigenvalue weighted by molar-refractivity contribution is 7.92. The Morgan fingerprint density at radius 3 is 2.19 bits per heavy atom. The van der Waals surface area contributed by atoms with Gasteiger partial charge < -0.3 is 9.52 Å².